The molecule has 1 saturated heterocycles. The lowest BCUT2D eigenvalue weighted by molar-refractivity contribution is 0.101. The van der Waals surface area contributed by atoms with Crippen LogP contribution >= 0.6 is 0 Å². The first-order valence-corrected chi connectivity index (χ1v) is 11.9. The molecule has 0 radical (unpaired) electrons. The summed E-state index contributed by atoms with van der Waals surface area (Å²) in [5.74, 6) is 1.50. The normalized spacial score (nSPS) is 17.0. The maximum Gasteiger partial charge on any atom is 0.243 e. The van der Waals surface area contributed by atoms with Crippen LogP contribution < -0.4 is 9.47 Å². The fourth-order valence-electron chi connectivity index (χ4n) is 3.88. The number of carbonyl (C=O) groups excluding carboxylic acids is 1. The van der Waals surface area contributed by atoms with Gasteiger partial charge in [-0.3, -0.25) is 4.79 Å². The van der Waals surface area contributed by atoms with Crippen molar-refractivity contribution in [3.8, 4) is 22.9 Å². The van der Waals surface area contributed by atoms with E-state index in [1.807, 2.05) is 0 Å². The summed E-state index contributed by atoms with van der Waals surface area (Å²) in [4.78, 5) is 16.3. The number of hydrogen-bond acceptors (Lipinski definition) is 8. The van der Waals surface area contributed by atoms with Crippen molar-refractivity contribution < 1.29 is 27.2 Å². The molecule has 0 amide bonds. The first kappa shape index (κ1) is 22.9. The van der Waals surface area contributed by atoms with Gasteiger partial charge < -0.3 is 14.0 Å². The Kier molecular flexibility index (Phi) is 6.48. The number of aromatic nitrogens is 2. The van der Waals surface area contributed by atoms with Crippen LogP contribution in [-0.2, 0) is 10.0 Å². The molecule has 174 valence electrons. The molecule has 1 unspecified atom stereocenters. The van der Waals surface area contributed by atoms with Gasteiger partial charge in [-0.15, -0.1) is 0 Å². The molecule has 9 nitrogen and oxygen atoms in total. The first-order valence-electron chi connectivity index (χ1n) is 10.5. The van der Waals surface area contributed by atoms with Crippen LogP contribution in [0.3, 0.4) is 0 Å². The van der Waals surface area contributed by atoms with E-state index >= 15 is 0 Å². The summed E-state index contributed by atoms with van der Waals surface area (Å²) in [5, 5.41) is 4.08. The Balaban J connectivity index is 1.56. The van der Waals surface area contributed by atoms with E-state index in [0.29, 0.717) is 47.3 Å². The summed E-state index contributed by atoms with van der Waals surface area (Å²) < 4.78 is 44.0. The number of rotatable bonds is 7. The molecule has 2 aromatic carbocycles. The maximum absolute atomic E-state index is 13.2. The lowest BCUT2D eigenvalue weighted by atomic mass is 10.00. The van der Waals surface area contributed by atoms with Crippen LogP contribution in [0.5, 0.6) is 11.5 Å². The zero-order valence-corrected chi connectivity index (χ0v) is 19.5. The third-order valence-corrected chi connectivity index (χ3v) is 7.56. The Labute approximate surface area is 192 Å². The summed E-state index contributed by atoms with van der Waals surface area (Å²) in [5.41, 5.74) is 1.06. The molecule has 1 atom stereocenters. The van der Waals surface area contributed by atoms with Gasteiger partial charge in [-0.25, -0.2) is 8.42 Å². The Bertz CT molecular complexity index is 1270. The highest BCUT2D eigenvalue weighted by molar-refractivity contribution is 7.89. The van der Waals surface area contributed by atoms with E-state index < -0.39 is 10.0 Å². The fraction of sp³-hybridized carbons (Fsp3) is 0.348. The van der Waals surface area contributed by atoms with E-state index in [1.165, 1.54) is 23.4 Å². The Morgan fingerprint density at radius 1 is 1.12 bits per heavy atom. The number of ether oxygens (including phenoxy) is 2. The van der Waals surface area contributed by atoms with Crippen LogP contribution in [-0.4, -0.2) is 56.0 Å². The van der Waals surface area contributed by atoms with E-state index in [4.69, 9.17) is 14.0 Å². The topological polar surface area (TPSA) is 112 Å². The SMILES string of the molecule is COc1ccc(-c2noc(C3CCCN(S(=O)(=O)c4cccc(C(C)=O)c4)C3)n2)cc1OC. The van der Waals surface area contributed by atoms with Crippen molar-refractivity contribution in [3.63, 3.8) is 0 Å². The molecular weight excluding hydrogens is 446 g/mol. The van der Waals surface area contributed by atoms with Gasteiger partial charge >= 0.3 is 0 Å². The van der Waals surface area contributed by atoms with Gasteiger partial charge in [0.05, 0.1) is 25.0 Å². The lowest BCUT2D eigenvalue weighted by Gasteiger charge is -2.30. The number of methoxy groups -OCH3 is 2. The number of sulfonamides is 1. The predicted octanol–water partition coefficient (Wildman–Crippen LogP) is 3.52. The molecule has 3 aromatic rings. The van der Waals surface area contributed by atoms with E-state index in [9.17, 15) is 13.2 Å². The third kappa shape index (κ3) is 4.62. The molecule has 10 heteroatoms. The number of benzene rings is 2. The van der Waals surface area contributed by atoms with E-state index in [0.717, 1.165) is 6.42 Å². The second-order valence-corrected chi connectivity index (χ2v) is 9.75. The molecule has 0 spiro atoms. The lowest BCUT2D eigenvalue weighted by Crippen LogP contribution is -2.39. The highest BCUT2D eigenvalue weighted by Gasteiger charge is 2.33. The highest BCUT2D eigenvalue weighted by Crippen LogP contribution is 2.33. The van der Waals surface area contributed by atoms with Crippen LogP contribution in [0.2, 0.25) is 0 Å². The Hall–Kier alpha value is -3.24. The van der Waals surface area contributed by atoms with Gasteiger partial charge in [0.25, 0.3) is 0 Å². The van der Waals surface area contributed by atoms with Gasteiger partial charge in [0.15, 0.2) is 17.3 Å². The molecule has 2 heterocycles. The maximum atomic E-state index is 13.2. The summed E-state index contributed by atoms with van der Waals surface area (Å²) in [6.45, 7) is 2.02. The second kappa shape index (κ2) is 9.32. The Morgan fingerprint density at radius 2 is 1.91 bits per heavy atom. The van der Waals surface area contributed by atoms with Gasteiger partial charge in [-0.1, -0.05) is 17.3 Å². The molecular formula is C23H25N3O6S. The largest absolute Gasteiger partial charge is 0.493 e. The van der Waals surface area contributed by atoms with Gasteiger partial charge in [-0.05, 0) is 50.1 Å². The zero-order valence-electron chi connectivity index (χ0n) is 18.6. The van der Waals surface area contributed by atoms with E-state index in [1.54, 1.807) is 44.6 Å². The number of ketones is 1. The van der Waals surface area contributed by atoms with Crippen molar-refractivity contribution in [1.82, 2.24) is 14.4 Å². The van der Waals surface area contributed by atoms with Gasteiger partial charge in [0, 0.05) is 24.2 Å². The summed E-state index contributed by atoms with van der Waals surface area (Å²) in [6.07, 6.45) is 1.39. The minimum Gasteiger partial charge on any atom is -0.493 e. The number of hydrogen-bond donors (Lipinski definition) is 0. The minimum atomic E-state index is -3.76. The quantitative estimate of drug-likeness (QED) is 0.481. The smallest absolute Gasteiger partial charge is 0.243 e. The van der Waals surface area contributed by atoms with Gasteiger partial charge in [-0.2, -0.15) is 9.29 Å². The number of nitrogens with zero attached hydrogens (tertiary/aromatic N) is 3. The van der Waals surface area contributed by atoms with Crippen molar-refractivity contribution in [2.45, 2.75) is 30.6 Å². The molecule has 0 bridgehead atoms. The van der Waals surface area contributed by atoms with Crippen molar-refractivity contribution in [3.05, 3.63) is 53.9 Å². The highest BCUT2D eigenvalue weighted by atomic mass is 32.2. The van der Waals surface area contributed by atoms with Crippen molar-refractivity contribution >= 4 is 15.8 Å². The molecule has 0 aliphatic carbocycles. The molecule has 1 fully saturated rings. The number of carbonyl (C=O) groups is 1. The first-order chi connectivity index (χ1) is 15.8. The average Bonchev–Trinajstić information content (AvgIpc) is 3.34. The van der Waals surface area contributed by atoms with Crippen LogP contribution in [0, 0.1) is 0 Å². The van der Waals surface area contributed by atoms with E-state index in [2.05, 4.69) is 10.1 Å². The molecule has 1 aliphatic heterocycles. The van der Waals surface area contributed by atoms with Crippen LogP contribution in [0.4, 0.5) is 0 Å². The van der Waals surface area contributed by atoms with Crippen molar-refractivity contribution in [1.29, 1.82) is 0 Å². The van der Waals surface area contributed by atoms with Crippen LogP contribution in [0.1, 0.15) is 41.9 Å². The zero-order chi connectivity index (χ0) is 23.6. The Morgan fingerprint density at radius 3 is 2.64 bits per heavy atom. The molecule has 0 N–H and O–H groups in total. The standard InChI is InChI=1S/C23H25N3O6S/c1-15(27)16-6-4-8-19(12-16)33(28,29)26-11-5-7-18(14-26)23-24-22(25-32-23)17-9-10-20(30-2)21(13-17)31-3/h4,6,8-10,12-13,18H,5,7,11,14H2,1-3H3. The molecule has 1 aromatic heterocycles. The number of Topliss-reactive ketones (excluding diaryl/α,β-unsaturated/α-hetero) is 1. The van der Waals surface area contributed by atoms with Crippen LogP contribution in [0.15, 0.2) is 51.9 Å². The molecule has 33 heavy (non-hydrogen) atoms. The van der Waals surface area contributed by atoms with E-state index in [-0.39, 0.29) is 23.1 Å². The fourth-order valence-corrected chi connectivity index (χ4v) is 5.45. The summed E-state index contributed by atoms with van der Waals surface area (Å²) >= 11 is 0. The average molecular weight is 472 g/mol. The van der Waals surface area contributed by atoms with Crippen molar-refractivity contribution in [2.75, 3.05) is 27.3 Å². The summed E-state index contributed by atoms with van der Waals surface area (Å²) in [7, 11) is -0.653. The van der Waals surface area contributed by atoms with Gasteiger partial charge in [0.1, 0.15) is 0 Å². The third-order valence-electron chi connectivity index (χ3n) is 5.70. The summed E-state index contributed by atoms with van der Waals surface area (Å²) in [6, 6.07) is 11.4. The van der Waals surface area contributed by atoms with Gasteiger partial charge in [0.2, 0.25) is 21.7 Å². The molecule has 1 aliphatic rings. The van der Waals surface area contributed by atoms with Crippen molar-refractivity contribution in [2.24, 2.45) is 0 Å². The minimum absolute atomic E-state index is 0.104. The molecule has 4 rings (SSSR count). The predicted molar refractivity (Wildman–Crippen MR) is 120 cm³/mol. The van der Waals surface area contributed by atoms with Crippen LogP contribution in [0.25, 0.3) is 11.4 Å². The second-order valence-electron chi connectivity index (χ2n) is 7.81. The monoisotopic (exact) mass is 471 g/mol. The molecule has 0 saturated carbocycles. The number of piperidine rings is 1.